The maximum absolute atomic E-state index is 5.72. The molecule has 1 aromatic carbocycles. The van der Waals surface area contributed by atoms with Crippen molar-refractivity contribution in [3.05, 3.63) is 45.7 Å². The van der Waals surface area contributed by atoms with Gasteiger partial charge in [0.05, 0.1) is 18.8 Å². The summed E-state index contributed by atoms with van der Waals surface area (Å²) in [5.74, 6) is 6.58. The molecule has 0 fully saturated rings. The summed E-state index contributed by atoms with van der Waals surface area (Å²) in [4.78, 5) is 0. The van der Waals surface area contributed by atoms with Crippen LogP contribution in [0.25, 0.3) is 0 Å². The van der Waals surface area contributed by atoms with Gasteiger partial charge in [-0.05, 0) is 37.1 Å². The minimum Gasteiger partial charge on any atom is -0.496 e. The zero-order valence-corrected chi connectivity index (χ0v) is 13.4. The monoisotopic (exact) mass is 338 g/mol. The lowest BCUT2D eigenvalue weighted by Gasteiger charge is -2.17. The number of benzene rings is 1. The lowest BCUT2D eigenvalue weighted by atomic mass is 9.99. The number of hydrogen-bond donors (Lipinski definition) is 2. The first-order valence-electron chi connectivity index (χ1n) is 6.33. The van der Waals surface area contributed by atoms with Crippen LogP contribution in [0.2, 0.25) is 0 Å². The van der Waals surface area contributed by atoms with E-state index in [1.165, 1.54) is 0 Å². The van der Waals surface area contributed by atoms with Crippen LogP contribution >= 0.6 is 15.9 Å². The first-order valence-corrected chi connectivity index (χ1v) is 7.13. The van der Waals surface area contributed by atoms with E-state index in [9.17, 15) is 0 Å². The van der Waals surface area contributed by atoms with Gasteiger partial charge in [-0.2, -0.15) is 5.10 Å². The normalized spacial score (nSPS) is 12.4. The second-order valence-electron chi connectivity index (χ2n) is 4.72. The van der Waals surface area contributed by atoms with E-state index in [1.807, 2.05) is 32.3 Å². The summed E-state index contributed by atoms with van der Waals surface area (Å²) in [6.45, 7) is 1.98. The molecule has 0 saturated heterocycles. The molecule has 20 heavy (non-hydrogen) atoms. The number of nitrogens with two attached hydrogens (primary N) is 1. The topological polar surface area (TPSA) is 65.1 Å². The highest BCUT2D eigenvalue weighted by Crippen LogP contribution is 2.28. The molecular weight excluding hydrogens is 320 g/mol. The molecule has 2 rings (SSSR count). The number of methoxy groups -OCH3 is 1. The zero-order valence-electron chi connectivity index (χ0n) is 11.9. The van der Waals surface area contributed by atoms with Crippen molar-refractivity contribution in [3.63, 3.8) is 0 Å². The molecule has 108 valence electrons. The molecule has 0 aliphatic rings. The predicted molar refractivity (Wildman–Crippen MR) is 82.4 cm³/mol. The van der Waals surface area contributed by atoms with Crippen molar-refractivity contribution in [1.82, 2.24) is 15.2 Å². The lowest BCUT2D eigenvalue weighted by Crippen LogP contribution is -2.30. The Bertz CT molecular complexity index is 597. The van der Waals surface area contributed by atoms with Crippen LogP contribution in [0, 0.1) is 6.92 Å². The standard InChI is InChI=1S/C14H19BrN4O/c1-9-12(8-19(2)18-9)13(17-16)7-10-6-11(15)4-5-14(10)20-3/h4-6,8,13,17H,7,16H2,1-3H3. The van der Waals surface area contributed by atoms with Gasteiger partial charge in [-0.3, -0.25) is 16.0 Å². The highest BCUT2D eigenvalue weighted by atomic mass is 79.9. The molecule has 1 heterocycles. The molecular formula is C14H19BrN4O. The summed E-state index contributed by atoms with van der Waals surface area (Å²) in [7, 11) is 3.58. The van der Waals surface area contributed by atoms with E-state index < -0.39 is 0 Å². The Hall–Kier alpha value is -1.37. The number of ether oxygens (including phenoxy) is 1. The van der Waals surface area contributed by atoms with Gasteiger partial charge in [-0.1, -0.05) is 15.9 Å². The SMILES string of the molecule is COc1ccc(Br)cc1CC(NN)c1cn(C)nc1C. The Morgan fingerprint density at radius 3 is 2.80 bits per heavy atom. The minimum absolute atomic E-state index is 0.00750. The molecule has 0 bridgehead atoms. The molecule has 3 N–H and O–H groups in total. The Morgan fingerprint density at radius 2 is 2.25 bits per heavy atom. The third-order valence-corrected chi connectivity index (χ3v) is 3.79. The zero-order chi connectivity index (χ0) is 14.7. The van der Waals surface area contributed by atoms with Crippen LogP contribution in [0.15, 0.2) is 28.9 Å². The third kappa shape index (κ3) is 3.20. The van der Waals surface area contributed by atoms with Crippen LogP contribution in [0.4, 0.5) is 0 Å². The maximum atomic E-state index is 5.72. The van der Waals surface area contributed by atoms with Gasteiger partial charge < -0.3 is 4.74 Å². The predicted octanol–water partition coefficient (Wildman–Crippen LogP) is 2.25. The number of hydrazine groups is 1. The minimum atomic E-state index is -0.00750. The largest absolute Gasteiger partial charge is 0.496 e. The number of halogens is 1. The number of nitrogens with zero attached hydrogens (tertiary/aromatic N) is 2. The van der Waals surface area contributed by atoms with Crippen molar-refractivity contribution in [2.75, 3.05) is 7.11 Å². The Labute approximate surface area is 127 Å². The first kappa shape index (κ1) is 15.0. The molecule has 1 aromatic heterocycles. The lowest BCUT2D eigenvalue weighted by molar-refractivity contribution is 0.405. The van der Waals surface area contributed by atoms with Crippen LogP contribution in [-0.4, -0.2) is 16.9 Å². The first-order chi connectivity index (χ1) is 9.55. The van der Waals surface area contributed by atoms with E-state index in [4.69, 9.17) is 10.6 Å². The smallest absolute Gasteiger partial charge is 0.122 e. The fourth-order valence-corrected chi connectivity index (χ4v) is 2.75. The van der Waals surface area contributed by atoms with Crippen LogP contribution in [-0.2, 0) is 13.5 Å². The number of aryl methyl sites for hydroxylation is 2. The van der Waals surface area contributed by atoms with Crippen molar-refractivity contribution in [1.29, 1.82) is 0 Å². The summed E-state index contributed by atoms with van der Waals surface area (Å²) < 4.78 is 8.23. The van der Waals surface area contributed by atoms with E-state index in [2.05, 4.69) is 32.5 Å². The summed E-state index contributed by atoms with van der Waals surface area (Å²) >= 11 is 3.49. The second kappa shape index (κ2) is 6.39. The van der Waals surface area contributed by atoms with Crippen LogP contribution < -0.4 is 16.0 Å². The van der Waals surface area contributed by atoms with Gasteiger partial charge in [0.1, 0.15) is 5.75 Å². The Balaban J connectivity index is 2.31. The van der Waals surface area contributed by atoms with E-state index >= 15 is 0 Å². The van der Waals surface area contributed by atoms with E-state index in [-0.39, 0.29) is 6.04 Å². The maximum Gasteiger partial charge on any atom is 0.122 e. The number of aromatic nitrogens is 2. The van der Waals surface area contributed by atoms with Gasteiger partial charge in [0.25, 0.3) is 0 Å². The number of nitrogens with one attached hydrogen (secondary N) is 1. The fourth-order valence-electron chi connectivity index (χ4n) is 2.35. The van der Waals surface area contributed by atoms with Crippen molar-refractivity contribution >= 4 is 15.9 Å². The van der Waals surface area contributed by atoms with E-state index in [1.54, 1.807) is 11.8 Å². The summed E-state index contributed by atoms with van der Waals surface area (Å²) in [5, 5.41) is 4.36. The third-order valence-electron chi connectivity index (χ3n) is 3.29. The van der Waals surface area contributed by atoms with Crippen molar-refractivity contribution in [3.8, 4) is 5.75 Å². The summed E-state index contributed by atoms with van der Waals surface area (Å²) in [6, 6.07) is 5.95. The molecule has 1 unspecified atom stereocenters. The molecule has 0 aliphatic carbocycles. The van der Waals surface area contributed by atoms with Crippen molar-refractivity contribution in [2.45, 2.75) is 19.4 Å². The van der Waals surface area contributed by atoms with Crippen LogP contribution in [0.1, 0.15) is 22.9 Å². The molecule has 1 atom stereocenters. The van der Waals surface area contributed by atoms with Gasteiger partial charge in [-0.15, -0.1) is 0 Å². The molecule has 0 saturated carbocycles. The quantitative estimate of drug-likeness (QED) is 0.648. The highest BCUT2D eigenvalue weighted by molar-refractivity contribution is 9.10. The molecule has 0 aliphatic heterocycles. The Kier molecular flexibility index (Phi) is 4.80. The molecule has 5 nitrogen and oxygen atoms in total. The van der Waals surface area contributed by atoms with Crippen LogP contribution in [0.3, 0.4) is 0 Å². The number of hydrogen-bond acceptors (Lipinski definition) is 4. The molecule has 2 aromatic rings. The Morgan fingerprint density at radius 1 is 1.50 bits per heavy atom. The van der Waals surface area contributed by atoms with Crippen molar-refractivity contribution < 1.29 is 4.74 Å². The van der Waals surface area contributed by atoms with Gasteiger partial charge >= 0.3 is 0 Å². The molecule has 6 heteroatoms. The average Bonchev–Trinajstić information content (AvgIpc) is 2.75. The van der Waals surface area contributed by atoms with Crippen molar-refractivity contribution in [2.24, 2.45) is 12.9 Å². The molecule has 0 radical (unpaired) electrons. The van der Waals surface area contributed by atoms with Gasteiger partial charge in [-0.25, -0.2) is 0 Å². The molecule has 0 amide bonds. The van der Waals surface area contributed by atoms with E-state index in [0.29, 0.717) is 0 Å². The summed E-state index contributed by atoms with van der Waals surface area (Å²) in [6.07, 6.45) is 2.72. The van der Waals surface area contributed by atoms with Crippen LogP contribution in [0.5, 0.6) is 5.75 Å². The van der Waals surface area contributed by atoms with Gasteiger partial charge in [0, 0.05) is 23.3 Å². The van der Waals surface area contributed by atoms with Gasteiger partial charge in [0.15, 0.2) is 0 Å². The fraction of sp³-hybridized carbons (Fsp3) is 0.357. The highest BCUT2D eigenvalue weighted by Gasteiger charge is 2.18. The van der Waals surface area contributed by atoms with E-state index in [0.717, 1.165) is 33.5 Å². The number of rotatable bonds is 5. The average molecular weight is 339 g/mol. The summed E-state index contributed by atoms with van der Waals surface area (Å²) in [5.41, 5.74) is 6.03. The second-order valence-corrected chi connectivity index (χ2v) is 5.64. The molecule has 0 spiro atoms. The van der Waals surface area contributed by atoms with Gasteiger partial charge in [0.2, 0.25) is 0 Å².